The number of fused-ring (bicyclic) bond motifs is 5. The van der Waals surface area contributed by atoms with E-state index in [1.807, 2.05) is 12.1 Å². The second-order valence-electron chi connectivity index (χ2n) is 10.2. The van der Waals surface area contributed by atoms with Crippen molar-refractivity contribution < 1.29 is 33.0 Å². The number of anilines is 1. The van der Waals surface area contributed by atoms with Crippen molar-refractivity contribution in [2.75, 3.05) is 24.9 Å². The summed E-state index contributed by atoms with van der Waals surface area (Å²) in [5, 5.41) is -0.00524. The number of hydrogen-bond donors (Lipinski definition) is 0. The van der Waals surface area contributed by atoms with E-state index in [1.165, 1.54) is 0 Å². The molecule has 33 heavy (non-hydrogen) atoms. The van der Waals surface area contributed by atoms with E-state index >= 15 is 0 Å². The van der Waals surface area contributed by atoms with Crippen LogP contribution in [0.15, 0.2) is 24.3 Å². The van der Waals surface area contributed by atoms with Crippen LogP contribution < -0.4 is 14.4 Å². The van der Waals surface area contributed by atoms with E-state index in [9.17, 15) is 9.59 Å². The van der Waals surface area contributed by atoms with Gasteiger partial charge in [-0.3, -0.25) is 9.69 Å². The first-order valence-corrected chi connectivity index (χ1v) is 14.3. The van der Waals surface area contributed by atoms with Crippen molar-refractivity contribution in [3.63, 3.8) is 0 Å². The highest BCUT2D eigenvalue weighted by Crippen LogP contribution is 2.44. The molecule has 0 spiro atoms. The Labute approximate surface area is 195 Å². The van der Waals surface area contributed by atoms with Crippen LogP contribution in [0.2, 0.25) is 18.1 Å². The molecule has 1 aromatic carbocycles. The Kier molecular flexibility index (Phi) is 6.46. The fourth-order valence-electron chi connectivity index (χ4n) is 3.91. The lowest BCUT2D eigenvalue weighted by molar-refractivity contribution is -0.150. The van der Waals surface area contributed by atoms with Gasteiger partial charge in [-0.2, -0.15) is 0 Å². The van der Waals surface area contributed by atoms with Crippen molar-refractivity contribution in [3.8, 4) is 11.5 Å². The molecule has 180 valence electrons. The standard InChI is InChI=1S/C24H33NO7Si/c1-24(2,3)33(4,5)31-14-18-19-11-16-12-20-21(30-15-29-20)13-17(16)25(18)23(27)28-10-8-6-7-9-22(26)32-19/h6,8,12-13,18-19H,7,9-11,14-15H2,1-5H3/t18-,19+/m1/s1. The number of ether oxygens (including phenoxy) is 4. The highest BCUT2D eigenvalue weighted by Gasteiger charge is 2.45. The Bertz CT molecular complexity index is 953. The fourth-order valence-corrected chi connectivity index (χ4v) is 4.93. The highest BCUT2D eigenvalue weighted by atomic mass is 28.4. The van der Waals surface area contributed by atoms with Gasteiger partial charge in [0.1, 0.15) is 12.7 Å². The lowest BCUT2D eigenvalue weighted by Gasteiger charge is -2.43. The number of rotatable bonds is 3. The average molecular weight is 476 g/mol. The number of amides is 1. The molecular formula is C24H33NO7Si. The lowest BCUT2D eigenvalue weighted by atomic mass is 9.93. The Morgan fingerprint density at radius 3 is 2.55 bits per heavy atom. The molecule has 8 nitrogen and oxygen atoms in total. The van der Waals surface area contributed by atoms with E-state index in [0.29, 0.717) is 30.0 Å². The fraction of sp³-hybridized carbons (Fsp3) is 0.583. The Hall–Kier alpha value is -2.52. The molecule has 0 N–H and O–H groups in total. The Balaban J connectivity index is 1.74. The molecule has 4 rings (SSSR count). The third-order valence-electron chi connectivity index (χ3n) is 6.90. The molecule has 1 amide bonds. The van der Waals surface area contributed by atoms with Crippen LogP contribution in [0, 0.1) is 0 Å². The second kappa shape index (κ2) is 9.02. The van der Waals surface area contributed by atoms with Crippen LogP contribution in [0.1, 0.15) is 39.2 Å². The van der Waals surface area contributed by atoms with Gasteiger partial charge in [0, 0.05) is 18.9 Å². The Morgan fingerprint density at radius 1 is 1.09 bits per heavy atom. The summed E-state index contributed by atoms with van der Waals surface area (Å²) in [7, 11) is -2.13. The SMILES string of the molecule is CC(C)(C)[Si](C)(C)OC[C@@H]1[C@@H]2Cc3cc4c(cc3N1C(=O)OCC=CCCC(=O)O2)OCO4. The zero-order chi connectivity index (χ0) is 23.8. The second-order valence-corrected chi connectivity index (χ2v) is 15.0. The van der Waals surface area contributed by atoms with Gasteiger partial charge >= 0.3 is 12.1 Å². The summed E-state index contributed by atoms with van der Waals surface area (Å²) < 4.78 is 29.1. The molecule has 1 aromatic rings. The molecule has 0 unspecified atom stereocenters. The summed E-state index contributed by atoms with van der Waals surface area (Å²) in [5.41, 5.74) is 1.51. The zero-order valence-electron chi connectivity index (χ0n) is 20.0. The van der Waals surface area contributed by atoms with E-state index in [1.54, 1.807) is 17.0 Å². The maximum Gasteiger partial charge on any atom is 0.415 e. The smallest absolute Gasteiger partial charge is 0.415 e. The molecule has 0 saturated carbocycles. The monoisotopic (exact) mass is 475 g/mol. The van der Waals surface area contributed by atoms with Gasteiger partial charge in [-0.15, -0.1) is 0 Å². The van der Waals surface area contributed by atoms with Gasteiger partial charge in [-0.25, -0.2) is 4.79 Å². The largest absolute Gasteiger partial charge is 0.460 e. The summed E-state index contributed by atoms with van der Waals surface area (Å²) in [6, 6.07) is 3.14. The molecule has 9 heteroatoms. The summed E-state index contributed by atoms with van der Waals surface area (Å²) in [6.07, 6.45) is 3.75. The van der Waals surface area contributed by atoms with Gasteiger partial charge in [-0.1, -0.05) is 32.9 Å². The van der Waals surface area contributed by atoms with Crippen LogP contribution in [0.25, 0.3) is 0 Å². The summed E-state index contributed by atoms with van der Waals surface area (Å²) in [5.74, 6) is 0.902. The summed E-state index contributed by atoms with van der Waals surface area (Å²) in [6.45, 7) is 11.3. The van der Waals surface area contributed by atoms with E-state index < -0.39 is 26.6 Å². The predicted octanol–water partition coefficient (Wildman–Crippen LogP) is 4.57. The number of allylic oxidation sites excluding steroid dienone is 1. The number of nitrogens with zero attached hydrogens (tertiary/aromatic N) is 1. The third kappa shape index (κ3) is 4.89. The van der Waals surface area contributed by atoms with Crippen molar-refractivity contribution in [2.45, 2.75) is 70.3 Å². The molecule has 2 atom stereocenters. The van der Waals surface area contributed by atoms with Gasteiger partial charge in [0.2, 0.25) is 6.79 Å². The van der Waals surface area contributed by atoms with Crippen molar-refractivity contribution in [2.24, 2.45) is 0 Å². The maximum atomic E-state index is 13.3. The van der Waals surface area contributed by atoms with Crippen molar-refractivity contribution in [3.05, 3.63) is 29.8 Å². The van der Waals surface area contributed by atoms with Crippen LogP contribution in [-0.4, -0.2) is 52.5 Å². The van der Waals surface area contributed by atoms with Crippen LogP contribution in [0.5, 0.6) is 11.5 Å². The van der Waals surface area contributed by atoms with Crippen LogP contribution in [-0.2, 0) is 25.1 Å². The molecule has 0 saturated heterocycles. The van der Waals surface area contributed by atoms with Gasteiger partial charge in [0.15, 0.2) is 19.8 Å². The number of cyclic esters (lactones) is 1. The molecule has 3 heterocycles. The number of carbonyl (C=O) groups excluding carboxylic acids is 2. The Morgan fingerprint density at radius 2 is 1.82 bits per heavy atom. The quantitative estimate of drug-likeness (QED) is 0.360. The van der Waals surface area contributed by atoms with E-state index in [-0.39, 0.29) is 37.4 Å². The zero-order valence-corrected chi connectivity index (χ0v) is 21.0. The van der Waals surface area contributed by atoms with Gasteiger partial charge < -0.3 is 23.4 Å². The van der Waals surface area contributed by atoms with Gasteiger partial charge in [0.05, 0.1) is 18.3 Å². The van der Waals surface area contributed by atoms with Crippen LogP contribution >= 0.6 is 0 Å². The van der Waals surface area contributed by atoms with E-state index in [2.05, 4.69) is 33.9 Å². The minimum atomic E-state index is -2.13. The summed E-state index contributed by atoms with van der Waals surface area (Å²) in [4.78, 5) is 27.5. The van der Waals surface area contributed by atoms with Crippen molar-refractivity contribution in [1.29, 1.82) is 0 Å². The van der Waals surface area contributed by atoms with Crippen molar-refractivity contribution in [1.82, 2.24) is 0 Å². The van der Waals surface area contributed by atoms with Gasteiger partial charge in [-0.05, 0) is 36.2 Å². The molecule has 3 aliphatic heterocycles. The topological polar surface area (TPSA) is 83.5 Å². The minimum Gasteiger partial charge on any atom is -0.460 e. The first-order chi connectivity index (χ1) is 15.6. The van der Waals surface area contributed by atoms with Gasteiger partial charge in [0.25, 0.3) is 0 Å². The number of benzene rings is 1. The first kappa shape index (κ1) is 23.6. The molecular weight excluding hydrogens is 442 g/mol. The molecule has 2 bridgehead atoms. The molecule has 0 aromatic heterocycles. The minimum absolute atomic E-state index is 0.00524. The predicted molar refractivity (Wildman–Crippen MR) is 125 cm³/mol. The number of esters is 1. The number of carbonyl (C=O) groups is 2. The first-order valence-electron chi connectivity index (χ1n) is 11.4. The van der Waals surface area contributed by atoms with Crippen LogP contribution in [0.4, 0.5) is 10.5 Å². The average Bonchev–Trinajstić information content (AvgIpc) is 3.18. The van der Waals surface area contributed by atoms with Crippen LogP contribution in [0.3, 0.4) is 0 Å². The molecule has 0 fully saturated rings. The van der Waals surface area contributed by atoms with E-state index in [0.717, 1.165) is 5.56 Å². The highest BCUT2D eigenvalue weighted by molar-refractivity contribution is 6.74. The number of hydrogen-bond acceptors (Lipinski definition) is 7. The van der Waals surface area contributed by atoms with E-state index in [4.69, 9.17) is 23.4 Å². The molecule has 0 radical (unpaired) electrons. The normalized spacial score (nSPS) is 23.2. The maximum absolute atomic E-state index is 13.3. The summed E-state index contributed by atoms with van der Waals surface area (Å²) >= 11 is 0. The third-order valence-corrected chi connectivity index (χ3v) is 11.4. The lowest BCUT2D eigenvalue weighted by Crippen LogP contribution is -2.57. The van der Waals surface area contributed by atoms with Crippen molar-refractivity contribution >= 4 is 26.1 Å². The molecule has 3 aliphatic rings. The molecule has 0 aliphatic carbocycles.